The summed E-state index contributed by atoms with van der Waals surface area (Å²) in [6.07, 6.45) is 1.57. The van der Waals surface area contributed by atoms with Crippen LogP contribution in [0.5, 0.6) is 0 Å². The van der Waals surface area contributed by atoms with Gasteiger partial charge in [-0.1, -0.05) is 11.6 Å². The van der Waals surface area contributed by atoms with Crippen molar-refractivity contribution in [1.82, 2.24) is 5.43 Å². The largest absolute Gasteiger partial charge is 0.457 e. The van der Waals surface area contributed by atoms with E-state index in [4.69, 9.17) is 16.0 Å². The monoisotopic (exact) mass is 331 g/mol. The van der Waals surface area contributed by atoms with Crippen LogP contribution in [-0.2, 0) is 4.79 Å². The van der Waals surface area contributed by atoms with E-state index in [1.54, 1.807) is 25.1 Å². The van der Waals surface area contributed by atoms with Gasteiger partial charge in [0.25, 0.3) is 11.6 Å². The van der Waals surface area contributed by atoms with E-state index in [-0.39, 0.29) is 16.6 Å². The van der Waals surface area contributed by atoms with Crippen LogP contribution in [0.1, 0.15) is 12.7 Å². The van der Waals surface area contributed by atoms with Crippen LogP contribution >= 0.6 is 11.6 Å². The maximum absolute atomic E-state index is 11.6. The standard InChI is InChI=1S/C15H10ClN3O4/c1-8-12(15(20)18-17-8)7-10-3-5-14(23-10)11-4-2-9(19(21)22)6-13(11)16/h2-7H,1H3,(H,18,20). The molecular formula is C15H10ClN3O4. The summed E-state index contributed by atoms with van der Waals surface area (Å²) in [4.78, 5) is 21.8. The first-order valence-electron chi connectivity index (χ1n) is 6.56. The molecule has 2 aromatic rings. The Kier molecular flexibility index (Phi) is 3.71. The zero-order chi connectivity index (χ0) is 16.6. The molecule has 0 atom stereocenters. The molecule has 3 rings (SSSR count). The predicted octanol–water partition coefficient (Wildman–Crippen LogP) is 3.40. The fourth-order valence-electron chi connectivity index (χ4n) is 2.12. The second-order valence-corrected chi connectivity index (χ2v) is 5.23. The Labute approximate surface area is 135 Å². The van der Waals surface area contributed by atoms with Crippen molar-refractivity contribution in [3.63, 3.8) is 0 Å². The number of nitrogens with zero attached hydrogens (tertiary/aromatic N) is 2. The fourth-order valence-corrected chi connectivity index (χ4v) is 2.39. The molecular weight excluding hydrogens is 322 g/mol. The van der Waals surface area contributed by atoms with E-state index in [1.165, 1.54) is 18.2 Å². The topological polar surface area (TPSA) is 97.7 Å². The molecule has 1 aliphatic heterocycles. The van der Waals surface area contributed by atoms with Crippen molar-refractivity contribution in [3.05, 3.63) is 56.8 Å². The van der Waals surface area contributed by atoms with Crippen LogP contribution < -0.4 is 5.43 Å². The number of hydrogen-bond acceptors (Lipinski definition) is 5. The van der Waals surface area contributed by atoms with Crippen LogP contribution in [0.15, 0.2) is 45.4 Å². The van der Waals surface area contributed by atoms with Gasteiger partial charge in [0.15, 0.2) is 0 Å². The van der Waals surface area contributed by atoms with Gasteiger partial charge in [-0.25, -0.2) is 5.43 Å². The molecule has 23 heavy (non-hydrogen) atoms. The number of nitro benzene ring substituents is 1. The Balaban J connectivity index is 1.94. The first kappa shape index (κ1) is 15.0. The minimum Gasteiger partial charge on any atom is -0.457 e. The van der Waals surface area contributed by atoms with Crippen LogP contribution in [-0.4, -0.2) is 16.5 Å². The number of rotatable bonds is 3. The number of amides is 1. The molecule has 0 radical (unpaired) electrons. The third kappa shape index (κ3) is 2.86. The molecule has 0 spiro atoms. The van der Waals surface area contributed by atoms with Crippen molar-refractivity contribution in [2.45, 2.75) is 6.92 Å². The number of benzene rings is 1. The van der Waals surface area contributed by atoms with Crippen LogP contribution in [0.25, 0.3) is 17.4 Å². The van der Waals surface area contributed by atoms with Crippen molar-refractivity contribution < 1.29 is 14.1 Å². The second-order valence-electron chi connectivity index (χ2n) is 4.82. The highest BCUT2D eigenvalue weighted by Gasteiger charge is 2.19. The van der Waals surface area contributed by atoms with Crippen molar-refractivity contribution in [1.29, 1.82) is 0 Å². The zero-order valence-corrected chi connectivity index (χ0v) is 12.6. The first-order valence-corrected chi connectivity index (χ1v) is 6.94. The van der Waals surface area contributed by atoms with Gasteiger partial charge in [0.05, 0.1) is 21.2 Å². The van der Waals surface area contributed by atoms with E-state index in [0.717, 1.165) is 0 Å². The smallest absolute Gasteiger partial charge is 0.273 e. The predicted molar refractivity (Wildman–Crippen MR) is 85.0 cm³/mol. The van der Waals surface area contributed by atoms with E-state index in [2.05, 4.69) is 10.5 Å². The number of hydrazone groups is 1. The number of nitro groups is 1. The molecule has 1 aliphatic rings. The molecule has 0 bridgehead atoms. The molecule has 1 N–H and O–H groups in total. The summed E-state index contributed by atoms with van der Waals surface area (Å²) in [5.74, 6) is 0.606. The van der Waals surface area contributed by atoms with Gasteiger partial charge in [0.2, 0.25) is 0 Å². The molecule has 0 unspecified atom stereocenters. The highest BCUT2D eigenvalue weighted by molar-refractivity contribution is 6.33. The van der Waals surface area contributed by atoms with Crippen LogP contribution in [0.3, 0.4) is 0 Å². The minimum atomic E-state index is -0.519. The zero-order valence-electron chi connectivity index (χ0n) is 11.9. The van der Waals surface area contributed by atoms with Crippen LogP contribution in [0, 0.1) is 10.1 Å². The van der Waals surface area contributed by atoms with E-state index in [9.17, 15) is 14.9 Å². The maximum atomic E-state index is 11.6. The molecule has 0 saturated heterocycles. The molecule has 0 aliphatic carbocycles. The molecule has 1 aromatic carbocycles. The Bertz CT molecular complexity index is 883. The van der Waals surface area contributed by atoms with Crippen molar-refractivity contribution >= 4 is 35.0 Å². The number of furan rings is 1. The van der Waals surface area contributed by atoms with Gasteiger partial charge in [0, 0.05) is 17.7 Å². The van der Waals surface area contributed by atoms with E-state index < -0.39 is 4.92 Å². The molecule has 0 fully saturated rings. The summed E-state index contributed by atoms with van der Waals surface area (Å²) in [7, 11) is 0. The third-order valence-corrected chi connectivity index (χ3v) is 3.61. The molecule has 8 heteroatoms. The van der Waals surface area contributed by atoms with E-state index >= 15 is 0 Å². The molecule has 1 aromatic heterocycles. The van der Waals surface area contributed by atoms with Gasteiger partial charge in [0.1, 0.15) is 11.5 Å². The Morgan fingerprint density at radius 2 is 2.13 bits per heavy atom. The lowest BCUT2D eigenvalue weighted by atomic mass is 10.1. The van der Waals surface area contributed by atoms with Crippen molar-refractivity contribution in [3.8, 4) is 11.3 Å². The van der Waals surface area contributed by atoms with Gasteiger partial charge in [-0.3, -0.25) is 14.9 Å². The van der Waals surface area contributed by atoms with Gasteiger partial charge >= 0.3 is 0 Å². The SMILES string of the molecule is CC1=NNC(=O)C1=Cc1ccc(-c2ccc([N+](=O)[O-])cc2Cl)o1. The number of carbonyl (C=O) groups excluding carboxylic acids is 1. The minimum absolute atomic E-state index is 0.0953. The highest BCUT2D eigenvalue weighted by Crippen LogP contribution is 2.32. The molecule has 7 nitrogen and oxygen atoms in total. The lowest BCUT2D eigenvalue weighted by Crippen LogP contribution is -2.12. The molecule has 2 heterocycles. The summed E-state index contributed by atoms with van der Waals surface area (Å²) in [5.41, 5.74) is 3.78. The molecule has 1 amide bonds. The number of nitrogens with one attached hydrogen (secondary N) is 1. The highest BCUT2D eigenvalue weighted by atomic mass is 35.5. The lowest BCUT2D eigenvalue weighted by molar-refractivity contribution is -0.384. The average Bonchev–Trinajstić information content (AvgIpc) is 3.09. The van der Waals surface area contributed by atoms with Gasteiger partial charge < -0.3 is 4.42 Å². The number of hydrogen-bond donors (Lipinski definition) is 1. The van der Waals surface area contributed by atoms with E-state index in [0.29, 0.717) is 28.4 Å². The first-order chi connectivity index (χ1) is 11.0. The quantitative estimate of drug-likeness (QED) is 0.529. The molecule has 116 valence electrons. The summed E-state index contributed by atoms with van der Waals surface area (Å²) < 4.78 is 5.64. The summed E-state index contributed by atoms with van der Waals surface area (Å²) in [6, 6.07) is 7.49. The lowest BCUT2D eigenvalue weighted by Gasteiger charge is -2.00. The fraction of sp³-hybridized carbons (Fsp3) is 0.0667. The Morgan fingerprint density at radius 1 is 1.35 bits per heavy atom. The van der Waals surface area contributed by atoms with Crippen LogP contribution in [0.2, 0.25) is 5.02 Å². The summed E-state index contributed by atoms with van der Waals surface area (Å²) >= 11 is 6.07. The summed E-state index contributed by atoms with van der Waals surface area (Å²) in [5, 5.41) is 14.8. The number of carbonyl (C=O) groups is 1. The number of non-ortho nitro benzene ring substituents is 1. The normalized spacial score (nSPS) is 15.7. The van der Waals surface area contributed by atoms with Gasteiger partial charge in [-0.2, -0.15) is 5.10 Å². The van der Waals surface area contributed by atoms with Crippen LogP contribution in [0.4, 0.5) is 5.69 Å². The van der Waals surface area contributed by atoms with Crippen molar-refractivity contribution in [2.24, 2.45) is 5.10 Å². The third-order valence-electron chi connectivity index (χ3n) is 3.30. The molecule has 0 saturated carbocycles. The van der Waals surface area contributed by atoms with Gasteiger partial charge in [-0.05, 0) is 31.2 Å². The van der Waals surface area contributed by atoms with Gasteiger partial charge in [-0.15, -0.1) is 0 Å². The average molecular weight is 332 g/mol. The van der Waals surface area contributed by atoms with E-state index in [1.807, 2.05) is 0 Å². The Hall–Kier alpha value is -2.93. The maximum Gasteiger partial charge on any atom is 0.273 e. The number of halogens is 1. The summed E-state index contributed by atoms with van der Waals surface area (Å²) in [6.45, 7) is 1.71. The van der Waals surface area contributed by atoms with Crippen molar-refractivity contribution in [2.75, 3.05) is 0 Å². The second kappa shape index (κ2) is 5.69. The Morgan fingerprint density at radius 3 is 2.74 bits per heavy atom.